The number of fused-ring (bicyclic) bond motifs is 1. The zero-order chi connectivity index (χ0) is 14.1. The van der Waals surface area contributed by atoms with Gasteiger partial charge in [0.25, 0.3) is 0 Å². The van der Waals surface area contributed by atoms with Crippen LogP contribution in [0.15, 0.2) is 36.4 Å². The van der Waals surface area contributed by atoms with Gasteiger partial charge in [-0.25, -0.2) is 0 Å². The third-order valence-electron chi connectivity index (χ3n) is 3.27. The van der Waals surface area contributed by atoms with Crippen molar-refractivity contribution in [2.75, 3.05) is 13.2 Å². The molecule has 104 valence electrons. The summed E-state index contributed by atoms with van der Waals surface area (Å²) in [5.74, 6) is 1.38. The Hall–Kier alpha value is -1.38. The number of halogens is 2. The van der Waals surface area contributed by atoms with E-state index in [9.17, 15) is 0 Å². The SMILES string of the molecule is Cc1cccc(C(Cl)c2cc3c(cc2Cl)OCCO3)c1. The summed E-state index contributed by atoms with van der Waals surface area (Å²) < 4.78 is 11.1. The molecule has 0 spiro atoms. The maximum Gasteiger partial charge on any atom is 0.162 e. The van der Waals surface area contributed by atoms with Gasteiger partial charge in [-0.1, -0.05) is 41.4 Å². The van der Waals surface area contributed by atoms with E-state index >= 15 is 0 Å². The second-order valence-electron chi connectivity index (χ2n) is 4.79. The molecule has 2 nitrogen and oxygen atoms in total. The predicted octanol–water partition coefficient (Wildman–Crippen LogP) is 4.75. The first-order valence-corrected chi connectivity index (χ1v) is 7.26. The number of hydrogen-bond donors (Lipinski definition) is 0. The minimum Gasteiger partial charge on any atom is -0.486 e. The summed E-state index contributed by atoms with van der Waals surface area (Å²) in [6, 6.07) is 11.7. The third-order valence-corrected chi connectivity index (χ3v) is 4.08. The van der Waals surface area contributed by atoms with Gasteiger partial charge in [0.15, 0.2) is 11.5 Å². The number of alkyl halides is 1. The highest BCUT2D eigenvalue weighted by Gasteiger charge is 2.20. The maximum atomic E-state index is 6.57. The average Bonchev–Trinajstić information content (AvgIpc) is 2.46. The topological polar surface area (TPSA) is 18.5 Å². The molecule has 0 fully saturated rings. The number of aryl methyl sites for hydroxylation is 1. The van der Waals surface area contributed by atoms with Gasteiger partial charge in [0.05, 0.1) is 5.38 Å². The van der Waals surface area contributed by atoms with E-state index in [0.29, 0.717) is 29.7 Å². The number of ether oxygens (including phenoxy) is 2. The van der Waals surface area contributed by atoms with Crippen molar-refractivity contribution in [1.29, 1.82) is 0 Å². The number of benzene rings is 2. The molecule has 0 aromatic heterocycles. The van der Waals surface area contributed by atoms with Gasteiger partial charge in [0.2, 0.25) is 0 Å². The van der Waals surface area contributed by atoms with Crippen molar-refractivity contribution >= 4 is 23.2 Å². The maximum absolute atomic E-state index is 6.57. The molecule has 0 bridgehead atoms. The summed E-state index contributed by atoms with van der Waals surface area (Å²) in [4.78, 5) is 0. The molecule has 1 heterocycles. The van der Waals surface area contributed by atoms with Crippen LogP contribution < -0.4 is 9.47 Å². The number of hydrogen-bond acceptors (Lipinski definition) is 2. The van der Waals surface area contributed by atoms with Crippen LogP contribution in [0.1, 0.15) is 22.1 Å². The predicted molar refractivity (Wildman–Crippen MR) is 81.3 cm³/mol. The van der Waals surface area contributed by atoms with E-state index < -0.39 is 0 Å². The van der Waals surface area contributed by atoms with Gasteiger partial charge in [-0.2, -0.15) is 0 Å². The molecule has 0 radical (unpaired) electrons. The summed E-state index contributed by atoms with van der Waals surface area (Å²) in [5.41, 5.74) is 3.02. The zero-order valence-corrected chi connectivity index (χ0v) is 12.5. The van der Waals surface area contributed by atoms with Crippen molar-refractivity contribution in [1.82, 2.24) is 0 Å². The van der Waals surface area contributed by atoms with Crippen LogP contribution in [0, 0.1) is 6.92 Å². The summed E-state index contributed by atoms with van der Waals surface area (Å²) >= 11 is 12.9. The van der Waals surface area contributed by atoms with E-state index in [0.717, 1.165) is 11.1 Å². The molecule has 3 rings (SSSR count). The lowest BCUT2D eigenvalue weighted by Crippen LogP contribution is -2.15. The van der Waals surface area contributed by atoms with Gasteiger partial charge < -0.3 is 9.47 Å². The molecule has 20 heavy (non-hydrogen) atoms. The van der Waals surface area contributed by atoms with Gasteiger partial charge in [0.1, 0.15) is 13.2 Å². The van der Waals surface area contributed by atoms with Gasteiger partial charge in [-0.15, -0.1) is 11.6 Å². The molecule has 0 saturated heterocycles. The summed E-state index contributed by atoms with van der Waals surface area (Å²) in [6.07, 6.45) is 0. The molecular weight excluding hydrogens is 295 g/mol. The van der Waals surface area contributed by atoms with Crippen molar-refractivity contribution in [3.8, 4) is 11.5 Å². The Morgan fingerprint density at radius 2 is 1.75 bits per heavy atom. The average molecular weight is 309 g/mol. The smallest absolute Gasteiger partial charge is 0.162 e. The van der Waals surface area contributed by atoms with E-state index in [2.05, 4.69) is 6.07 Å². The highest BCUT2D eigenvalue weighted by Crippen LogP contribution is 2.41. The van der Waals surface area contributed by atoms with Crippen molar-refractivity contribution in [2.45, 2.75) is 12.3 Å². The summed E-state index contributed by atoms with van der Waals surface area (Å²) in [7, 11) is 0. The third kappa shape index (κ3) is 2.58. The zero-order valence-electron chi connectivity index (χ0n) is 11.0. The lowest BCUT2D eigenvalue weighted by molar-refractivity contribution is 0.171. The van der Waals surface area contributed by atoms with Crippen LogP contribution in [0.5, 0.6) is 11.5 Å². The molecular formula is C16H14Cl2O2. The minimum absolute atomic E-state index is 0.307. The largest absolute Gasteiger partial charge is 0.486 e. The summed E-state index contributed by atoms with van der Waals surface area (Å²) in [6.45, 7) is 3.13. The fourth-order valence-electron chi connectivity index (χ4n) is 2.28. The van der Waals surface area contributed by atoms with Gasteiger partial charge in [-0.3, -0.25) is 0 Å². The fraction of sp³-hybridized carbons (Fsp3) is 0.250. The minimum atomic E-state index is -0.307. The highest BCUT2D eigenvalue weighted by molar-refractivity contribution is 6.33. The molecule has 2 aromatic carbocycles. The van der Waals surface area contributed by atoms with E-state index in [1.165, 1.54) is 5.56 Å². The normalized spacial score (nSPS) is 14.9. The van der Waals surface area contributed by atoms with Crippen LogP contribution in [-0.4, -0.2) is 13.2 Å². The molecule has 4 heteroatoms. The Kier molecular flexibility index (Phi) is 3.77. The molecule has 1 aliphatic heterocycles. The first-order chi connectivity index (χ1) is 9.65. The first kappa shape index (κ1) is 13.6. The van der Waals surface area contributed by atoms with Crippen LogP contribution >= 0.6 is 23.2 Å². The molecule has 0 aliphatic carbocycles. The second-order valence-corrected chi connectivity index (χ2v) is 5.64. The van der Waals surface area contributed by atoms with E-state index in [1.54, 1.807) is 6.07 Å². The molecule has 0 saturated carbocycles. The Morgan fingerprint density at radius 3 is 2.45 bits per heavy atom. The Labute approximate surface area is 128 Å². The van der Waals surface area contributed by atoms with Crippen molar-refractivity contribution in [3.05, 3.63) is 58.1 Å². The highest BCUT2D eigenvalue weighted by atomic mass is 35.5. The molecule has 0 amide bonds. The number of rotatable bonds is 2. The monoisotopic (exact) mass is 308 g/mol. The van der Waals surface area contributed by atoms with Gasteiger partial charge in [-0.05, 0) is 24.1 Å². The first-order valence-electron chi connectivity index (χ1n) is 6.45. The van der Waals surface area contributed by atoms with Crippen LogP contribution in [0.25, 0.3) is 0 Å². The molecule has 0 N–H and O–H groups in total. The van der Waals surface area contributed by atoms with E-state index in [4.69, 9.17) is 32.7 Å². The van der Waals surface area contributed by atoms with Crippen LogP contribution in [0.3, 0.4) is 0 Å². The van der Waals surface area contributed by atoms with Crippen molar-refractivity contribution < 1.29 is 9.47 Å². The van der Waals surface area contributed by atoms with Crippen LogP contribution in [-0.2, 0) is 0 Å². The van der Waals surface area contributed by atoms with Crippen molar-refractivity contribution in [2.24, 2.45) is 0 Å². The molecule has 1 unspecified atom stereocenters. The lowest BCUT2D eigenvalue weighted by atomic mass is 10.0. The van der Waals surface area contributed by atoms with Crippen LogP contribution in [0.4, 0.5) is 0 Å². The van der Waals surface area contributed by atoms with Gasteiger partial charge in [0, 0.05) is 11.1 Å². The van der Waals surface area contributed by atoms with E-state index in [1.807, 2.05) is 31.2 Å². The Bertz CT molecular complexity index is 640. The molecule has 1 atom stereocenters. The fourth-order valence-corrected chi connectivity index (χ4v) is 2.92. The standard InChI is InChI=1S/C16H14Cl2O2/c1-10-3-2-4-11(7-10)16(18)12-8-14-15(9-13(12)17)20-6-5-19-14/h2-4,7-9,16H,5-6H2,1H3. The van der Waals surface area contributed by atoms with Gasteiger partial charge >= 0.3 is 0 Å². The Morgan fingerprint density at radius 1 is 1.05 bits per heavy atom. The quantitative estimate of drug-likeness (QED) is 0.745. The van der Waals surface area contributed by atoms with Crippen LogP contribution in [0.2, 0.25) is 5.02 Å². The molecule has 1 aliphatic rings. The lowest BCUT2D eigenvalue weighted by Gasteiger charge is -2.21. The second kappa shape index (κ2) is 5.55. The molecule has 2 aromatic rings. The Balaban J connectivity index is 2.01. The van der Waals surface area contributed by atoms with E-state index in [-0.39, 0.29) is 5.38 Å². The summed E-state index contributed by atoms with van der Waals surface area (Å²) in [5, 5.41) is 0.286. The van der Waals surface area contributed by atoms with Crippen molar-refractivity contribution in [3.63, 3.8) is 0 Å².